The molecular weight excluding hydrogens is 721 g/mol. The zero-order chi connectivity index (χ0) is 38.6. The molecule has 0 saturated carbocycles. The van der Waals surface area contributed by atoms with Gasteiger partial charge in [-0.1, -0.05) is 146 Å². The van der Waals surface area contributed by atoms with Crippen LogP contribution in [-0.2, 0) is 5.41 Å². The maximum Gasteiger partial charge on any atom is 0.0541 e. The second kappa shape index (κ2) is 13.9. The third kappa shape index (κ3) is 5.86. The molecule has 0 fully saturated rings. The zero-order valence-corrected chi connectivity index (χ0v) is 33.0. The summed E-state index contributed by atoms with van der Waals surface area (Å²) in [4.78, 5) is 2.39. The number of anilines is 3. The molecule has 276 valence electrons. The highest BCUT2D eigenvalue weighted by atomic mass is 32.1. The van der Waals surface area contributed by atoms with Crippen molar-refractivity contribution in [1.82, 2.24) is 4.57 Å². The van der Waals surface area contributed by atoms with Crippen LogP contribution in [0, 0.1) is 0 Å². The molecule has 0 bridgehead atoms. The first-order chi connectivity index (χ1) is 28.6. The molecule has 10 aromatic rings. The third-order valence-electron chi connectivity index (χ3n) is 12.0. The first-order valence-corrected chi connectivity index (χ1v) is 20.9. The molecule has 0 amide bonds. The number of rotatable bonds is 7. The summed E-state index contributed by atoms with van der Waals surface area (Å²) in [5, 5.41) is 5.19. The lowest BCUT2D eigenvalue weighted by molar-refractivity contribution is 0.610. The number of aromatic nitrogens is 1. The van der Waals surface area contributed by atoms with Gasteiger partial charge in [-0.2, -0.15) is 0 Å². The van der Waals surface area contributed by atoms with Crippen molar-refractivity contribution in [2.75, 3.05) is 4.90 Å². The SMILES string of the molecule is CC1(c2ccc3c(c2)c2ccccc2n3-c2ccccc2)C=CC=C(c2ccc(N(c3ccc(-c4ccccc4)cc3)c3ccc4c(c3)sc3ccccc34)cc2)C1. The summed E-state index contributed by atoms with van der Waals surface area (Å²) in [7, 11) is 0. The van der Waals surface area contributed by atoms with Gasteiger partial charge in [0.05, 0.1) is 11.0 Å². The van der Waals surface area contributed by atoms with E-state index in [1.54, 1.807) is 0 Å². The summed E-state index contributed by atoms with van der Waals surface area (Å²) in [6.07, 6.45) is 7.85. The van der Waals surface area contributed by atoms with Crippen LogP contribution in [0.3, 0.4) is 0 Å². The normalized spacial score (nSPS) is 15.4. The summed E-state index contributed by atoms with van der Waals surface area (Å²) >= 11 is 1.86. The van der Waals surface area contributed by atoms with Crippen molar-refractivity contribution in [3.63, 3.8) is 0 Å². The monoisotopic (exact) mass is 760 g/mol. The molecule has 1 atom stereocenters. The lowest BCUT2D eigenvalue weighted by Crippen LogP contribution is -2.21. The lowest BCUT2D eigenvalue weighted by atomic mass is 9.73. The smallest absolute Gasteiger partial charge is 0.0541 e. The Morgan fingerprint density at radius 3 is 1.86 bits per heavy atom. The van der Waals surface area contributed by atoms with Crippen molar-refractivity contribution < 1.29 is 0 Å². The summed E-state index contributed by atoms with van der Waals surface area (Å²) < 4.78 is 5.00. The summed E-state index contributed by atoms with van der Waals surface area (Å²) in [5.41, 5.74) is 13.3. The fourth-order valence-electron chi connectivity index (χ4n) is 9.03. The van der Waals surface area contributed by atoms with Gasteiger partial charge < -0.3 is 9.47 Å². The van der Waals surface area contributed by atoms with E-state index in [9.17, 15) is 0 Å². The lowest BCUT2D eigenvalue weighted by Gasteiger charge is -2.31. The van der Waals surface area contributed by atoms with E-state index in [-0.39, 0.29) is 5.41 Å². The van der Waals surface area contributed by atoms with Crippen LogP contribution in [-0.4, -0.2) is 4.57 Å². The molecule has 0 spiro atoms. The zero-order valence-electron chi connectivity index (χ0n) is 32.2. The molecule has 0 radical (unpaired) electrons. The molecular formula is C55H40N2S. The first-order valence-electron chi connectivity index (χ1n) is 20.0. The minimum atomic E-state index is -0.154. The highest BCUT2D eigenvalue weighted by Crippen LogP contribution is 2.44. The predicted molar refractivity (Wildman–Crippen MR) is 249 cm³/mol. The van der Waals surface area contributed by atoms with E-state index in [0.717, 1.165) is 23.5 Å². The van der Waals surface area contributed by atoms with Gasteiger partial charge in [-0.05, 0) is 107 Å². The molecule has 1 unspecified atom stereocenters. The maximum atomic E-state index is 2.43. The number of fused-ring (bicyclic) bond motifs is 6. The van der Waals surface area contributed by atoms with Crippen molar-refractivity contribution >= 4 is 76.0 Å². The second-order valence-corrected chi connectivity index (χ2v) is 16.7. The topological polar surface area (TPSA) is 8.17 Å². The van der Waals surface area contributed by atoms with Gasteiger partial charge in [-0.3, -0.25) is 0 Å². The molecule has 58 heavy (non-hydrogen) atoms. The van der Waals surface area contributed by atoms with Gasteiger partial charge >= 0.3 is 0 Å². The fourth-order valence-corrected chi connectivity index (χ4v) is 10.2. The van der Waals surface area contributed by atoms with E-state index in [1.807, 2.05) is 11.3 Å². The van der Waals surface area contributed by atoms with Gasteiger partial charge in [0.2, 0.25) is 0 Å². The molecule has 2 aromatic heterocycles. The Kier molecular flexibility index (Phi) is 8.23. The molecule has 0 saturated heterocycles. The van der Waals surface area contributed by atoms with E-state index < -0.39 is 0 Å². The highest BCUT2D eigenvalue weighted by molar-refractivity contribution is 7.25. The molecule has 8 aromatic carbocycles. The van der Waals surface area contributed by atoms with Gasteiger partial charge in [-0.15, -0.1) is 11.3 Å². The molecule has 0 N–H and O–H groups in total. The Labute approximate surface area is 342 Å². The summed E-state index contributed by atoms with van der Waals surface area (Å²) in [6, 6.07) is 71.0. The number of allylic oxidation sites excluding steroid dienone is 4. The number of hydrogen-bond acceptors (Lipinski definition) is 2. The average Bonchev–Trinajstić information content (AvgIpc) is 3.83. The molecule has 2 nitrogen and oxygen atoms in total. The number of para-hydroxylation sites is 2. The van der Waals surface area contributed by atoms with Crippen LogP contribution in [0.1, 0.15) is 24.5 Å². The minimum absolute atomic E-state index is 0.154. The molecule has 1 aliphatic rings. The molecule has 1 aliphatic carbocycles. The fraction of sp³-hybridized carbons (Fsp3) is 0.0545. The van der Waals surface area contributed by atoms with Gasteiger partial charge in [0.15, 0.2) is 0 Å². The van der Waals surface area contributed by atoms with E-state index in [1.165, 1.54) is 75.5 Å². The minimum Gasteiger partial charge on any atom is -0.310 e. The third-order valence-corrected chi connectivity index (χ3v) is 13.1. The van der Waals surface area contributed by atoms with Gasteiger partial charge in [0.1, 0.15) is 0 Å². The van der Waals surface area contributed by atoms with Crippen molar-refractivity contribution in [2.24, 2.45) is 0 Å². The van der Waals surface area contributed by atoms with Crippen LogP contribution < -0.4 is 4.90 Å². The summed E-state index contributed by atoms with van der Waals surface area (Å²) in [6.45, 7) is 2.38. The number of thiophene rings is 1. The Bertz CT molecular complexity index is 3190. The van der Waals surface area contributed by atoms with Crippen LogP contribution in [0.5, 0.6) is 0 Å². The van der Waals surface area contributed by atoms with Crippen LogP contribution >= 0.6 is 11.3 Å². The van der Waals surface area contributed by atoms with Crippen LogP contribution in [0.2, 0.25) is 0 Å². The standard InChI is InChI=1S/C55H40N2S/c1-55(42-26-33-52-50(35-42)47-18-8-10-20-51(47)57(52)43-16-6-3-7-17-43)34-12-15-41(37-55)40-24-29-45(30-25-40)56(44-27-22-39(23-28-44)38-13-4-2-5-14-38)46-31-32-49-48-19-9-11-21-53(48)58-54(49)36-46/h2-36H,37H2,1H3. The van der Waals surface area contributed by atoms with Crippen molar-refractivity contribution in [3.8, 4) is 16.8 Å². The Morgan fingerprint density at radius 1 is 0.483 bits per heavy atom. The van der Waals surface area contributed by atoms with E-state index in [4.69, 9.17) is 0 Å². The second-order valence-electron chi connectivity index (χ2n) is 15.6. The quantitative estimate of drug-likeness (QED) is 0.157. The molecule has 2 heterocycles. The predicted octanol–water partition coefficient (Wildman–Crippen LogP) is 15.6. The van der Waals surface area contributed by atoms with E-state index in [0.29, 0.717) is 0 Å². The average molecular weight is 761 g/mol. The number of benzene rings is 8. The van der Waals surface area contributed by atoms with Crippen LogP contribution in [0.25, 0.3) is 64.4 Å². The van der Waals surface area contributed by atoms with E-state index in [2.05, 4.69) is 229 Å². The Hall–Kier alpha value is -6.94. The van der Waals surface area contributed by atoms with Gasteiger partial charge in [0.25, 0.3) is 0 Å². The Balaban J connectivity index is 0.937. The van der Waals surface area contributed by atoms with Gasteiger partial charge in [-0.25, -0.2) is 0 Å². The largest absolute Gasteiger partial charge is 0.310 e. The molecule has 0 aliphatic heterocycles. The first kappa shape index (κ1) is 34.3. The van der Waals surface area contributed by atoms with Crippen LogP contribution in [0.4, 0.5) is 17.1 Å². The highest BCUT2D eigenvalue weighted by Gasteiger charge is 2.29. The number of nitrogens with zero attached hydrogens (tertiary/aromatic N) is 2. The van der Waals surface area contributed by atoms with E-state index >= 15 is 0 Å². The Morgan fingerprint density at radius 2 is 1.09 bits per heavy atom. The number of hydrogen-bond donors (Lipinski definition) is 0. The van der Waals surface area contributed by atoms with Crippen molar-refractivity contribution in [2.45, 2.75) is 18.8 Å². The van der Waals surface area contributed by atoms with Crippen LogP contribution in [0.15, 0.2) is 212 Å². The summed E-state index contributed by atoms with van der Waals surface area (Å²) in [5.74, 6) is 0. The van der Waals surface area contributed by atoms with Crippen molar-refractivity contribution in [1.29, 1.82) is 0 Å². The molecule has 3 heteroatoms. The van der Waals surface area contributed by atoms with Crippen molar-refractivity contribution in [3.05, 3.63) is 223 Å². The maximum absolute atomic E-state index is 2.43. The molecule has 11 rings (SSSR count). The van der Waals surface area contributed by atoms with Gasteiger partial charge in [0, 0.05) is 59.1 Å².